The molecule has 9 nitrogen and oxygen atoms in total. The van der Waals surface area contributed by atoms with Gasteiger partial charge in [0, 0.05) is 6.54 Å². The summed E-state index contributed by atoms with van der Waals surface area (Å²) >= 11 is 0. The van der Waals surface area contributed by atoms with E-state index in [0.29, 0.717) is 25.4 Å². The fourth-order valence-electron chi connectivity index (χ4n) is 3.26. The highest BCUT2D eigenvalue weighted by molar-refractivity contribution is 5.85. The van der Waals surface area contributed by atoms with Crippen molar-refractivity contribution >= 4 is 5.91 Å². The molecule has 0 fully saturated rings. The molecule has 0 aliphatic carbocycles. The number of rotatable bonds is 11. The van der Waals surface area contributed by atoms with Gasteiger partial charge in [-0.1, -0.05) is 68.1 Å². The fourth-order valence-corrected chi connectivity index (χ4v) is 3.26. The van der Waals surface area contributed by atoms with E-state index in [4.69, 9.17) is 10.5 Å². The number of aromatic nitrogens is 4. The number of aryl methyl sites for hydroxylation is 1. The summed E-state index contributed by atoms with van der Waals surface area (Å²) in [5, 5.41) is 24.5. The van der Waals surface area contributed by atoms with Crippen molar-refractivity contribution in [3.63, 3.8) is 0 Å². The third kappa shape index (κ3) is 7.47. The van der Waals surface area contributed by atoms with E-state index < -0.39 is 11.6 Å². The summed E-state index contributed by atoms with van der Waals surface area (Å²) in [4.78, 5) is 12.6. The van der Waals surface area contributed by atoms with Crippen LogP contribution in [0.25, 0.3) is 0 Å². The molecule has 1 amide bonds. The fraction of sp³-hybridized carbons (Fsp3) is 0.400. The minimum absolute atomic E-state index is 0. The summed E-state index contributed by atoms with van der Waals surface area (Å²) < 4.78 is 7.48. The first-order valence-electron chi connectivity index (χ1n) is 10.8. The maximum atomic E-state index is 12.6. The van der Waals surface area contributed by atoms with E-state index >= 15 is 0 Å². The van der Waals surface area contributed by atoms with Crippen molar-refractivity contribution in [2.75, 3.05) is 6.61 Å². The Kier molecular flexibility index (Phi) is 9.86. The Morgan fingerprint density at radius 3 is 2.44 bits per heavy atom. The van der Waals surface area contributed by atoms with E-state index in [-0.39, 0.29) is 25.9 Å². The minimum Gasteiger partial charge on any atom is -0.374 e. The lowest BCUT2D eigenvalue weighted by atomic mass is 9.97. The Bertz CT molecular complexity index is 1060. The van der Waals surface area contributed by atoms with Crippen LogP contribution in [0.5, 0.6) is 0 Å². The van der Waals surface area contributed by atoms with Crippen LogP contribution in [0, 0.1) is 11.3 Å². The first kappa shape index (κ1) is 26.6. The molecule has 180 valence electrons. The maximum absolute atomic E-state index is 12.6. The average Bonchev–Trinajstić information content (AvgIpc) is 3.28. The lowest BCUT2D eigenvalue weighted by Crippen LogP contribution is -2.51. The van der Waals surface area contributed by atoms with Gasteiger partial charge in [-0.25, -0.2) is 4.68 Å². The van der Waals surface area contributed by atoms with Crippen molar-refractivity contribution in [3.8, 4) is 6.07 Å². The molecule has 0 aliphatic heterocycles. The molecule has 0 bridgehead atoms. The van der Waals surface area contributed by atoms with Gasteiger partial charge < -0.3 is 15.8 Å². The number of amides is 1. The van der Waals surface area contributed by atoms with E-state index in [1.165, 1.54) is 0 Å². The van der Waals surface area contributed by atoms with E-state index in [2.05, 4.69) is 26.9 Å². The van der Waals surface area contributed by atoms with Crippen LogP contribution < -0.4 is 11.1 Å². The van der Waals surface area contributed by atoms with E-state index in [1.807, 2.05) is 60.7 Å². The highest BCUT2D eigenvalue weighted by Crippen LogP contribution is 2.20. The van der Waals surface area contributed by atoms with E-state index in [1.54, 1.807) is 18.5 Å². The molecule has 3 N–H and O–H groups in total. The van der Waals surface area contributed by atoms with Gasteiger partial charge in [0.25, 0.3) is 0 Å². The second kappa shape index (κ2) is 12.6. The number of hydrogen-bond acceptors (Lipinski definition) is 7. The number of ether oxygens (including phenoxy) is 1. The average molecular weight is 464 g/mol. The van der Waals surface area contributed by atoms with Crippen LogP contribution in [-0.4, -0.2) is 38.3 Å². The third-order valence-electron chi connectivity index (χ3n) is 5.15. The van der Waals surface area contributed by atoms with E-state index in [9.17, 15) is 10.1 Å². The summed E-state index contributed by atoms with van der Waals surface area (Å²) in [6.07, 6.45) is 0.520. The van der Waals surface area contributed by atoms with Gasteiger partial charge in [-0.15, -0.1) is 5.10 Å². The SMILES string of the molecule is C.CC(C)(N)C(=O)N[C@H](COCc1ccccc1)c1nnnn1CCC(C#N)c1ccccc1. The highest BCUT2D eigenvalue weighted by Gasteiger charge is 2.28. The van der Waals surface area contributed by atoms with Crippen molar-refractivity contribution in [1.29, 1.82) is 5.26 Å². The number of hydrogen-bond donors (Lipinski definition) is 2. The predicted octanol–water partition coefficient (Wildman–Crippen LogP) is 3.12. The number of nitrogens with one attached hydrogen (secondary N) is 1. The van der Waals surface area contributed by atoms with Crippen LogP contribution in [0.3, 0.4) is 0 Å². The van der Waals surface area contributed by atoms with Gasteiger partial charge in [0.2, 0.25) is 5.91 Å². The van der Waals surface area contributed by atoms with Gasteiger partial charge in [-0.3, -0.25) is 4.79 Å². The van der Waals surface area contributed by atoms with Crippen LogP contribution in [0.2, 0.25) is 0 Å². The Balaban J connectivity index is 0.00000408. The van der Waals surface area contributed by atoms with Crippen molar-refractivity contribution in [3.05, 3.63) is 77.6 Å². The molecule has 9 heteroatoms. The van der Waals surface area contributed by atoms with Crippen molar-refractivity contribution in [2.24, 2.45) is 5.73 Å². The summed E-state index contributed by atoms with van der Waals surface area (Å²) in [5.41, 5.74) is 6.85. The summed E-state index contributed by atoms with van der Waals surface area (Å²) in [5.74, 6) is -0.191. The Morgan fingerprint density at radius 2 is 1.82 bits per heavy atom. The molecule has 1 heterocycles. The number of nitrogens with two attached hydrogens (primary N) is 1. The van der Waals surface area contributed by atoms with Gasteiger partial charge in [0.05, 0.1) is 30.7 Å². The Morgan fingerprint density at radius 1 is 1.18 bits per heavy atom. The zero-order chi connectivity index (χ0) is 23.7. The van der Waals surface area contributed by atoms with Crippen LogP contribution in [0.15, 0.2) is 60.7 Å². The quantitative estimate of drug-likeness (QED) is 0.446. The lowest BCUT2D eigenvalue weighted by Gasteiger charge is -2.24. The van der Waals surface area contributed by atoms with Crippen molar-refractivity contribution in [2.45, 2.75) is 58.3 Å². The highest BCUT2D eigenvalue weighted by atomic mass is 16.5. The molecule has 1 aromatic heterocycles. The predicted molar refractivity (Wildman–Crippen MR) is 129 cm³/mol. The molecule has 3 rings (SSSR count). The molecule has 3 aromatic rings. The number of tetrazole rings is 1. The lowest BCUT2D eigenvalue weighted by molar-refractivity contribution is -0.126. The molecule has 0 aliphatic rings. The molecule has 2 aromatic carbocycles. The second-order valence-corrected chi connectivity index (χ2v) is 8.39. The Labute approximate surface area is 200 Å². The summed E-state index contributed by atoms with van der Waals surface area (Å²) in [6, 6.07) is 21.1. The zero-order valence-corrected chi connectivity index (χ0v) is 18.9. The molecule has 0 radical (unpaired) electrons. The molecule has 0 spiro atoms. The largest absolute Gasteiger partial charge is 0.374 e. The maximum Gasteiger partial charge on any atom is 0.240 e. The monoisotopic (exact) mass is 463 g/mol. The standard InChI is InChI=1S/C24H29N7O2.CH4/c1-24(2,26)23(32)27-21(17-33-16-18-9-5-3-6-10-18)22-28-29-30-31(22)14-13-20(15-25)19-11-7-4-8-12-19;/h3-12,20-21H,13-14,16-17,26H2,1-2H3,(H,27,32);1H4/t20?,21-;/m1./s1. The molecule has 0 saturated carbocycles. The van der Waals surface area contributed by atoms with Gasteiger partial charge >= 0.3 is 0 Å². The number of carbonyl (C=O) groups is 1. The van der Waals surface area contributed by atoms with Crippen molar-refractivity contribution < 1.29 is 9.53 Å². The number of nitriles is 1. The third-order valence-corrected chi connectivity index (χ3v) is 5.15. The van der Waals surface area contributed by atoms with Gasteiger partial charge in [0.1, 0.15) is 6.04 Å². The molecule has 34 heavy (non-hydrogen) atoms. The minimum atomic E-state index is -1.07. The summed E-state index contributed by atoms with van der Waals surface area (Å²) in [7, 11) is 0. The van der Waals surface area contributed by atoms with Gasteiger partial charge in [-0.2, -0.15) is 5.26 Å². The van der Waals surface area contributed by atoms with Crippen LogP contribution in [0.4, 0.5) is 0 Å². The number of benzene rings is 2. The van der Waals surface area contributed by atoms with Gasteiger partial charge in [0.15, 0.2) is 5.82 Å². The number of carbonyl (C=O) groups excluding carboxylic acids is 1. The first-order chi connectivity index (χ1) is 15.9. The molecule has 1 unspecified atom stereocenters. The van der Waals surface area contributed by atoms with E-state index in [0.717, 1.165) is 11.1 Å². The molecular formula is C25H33N7O2. The van der Waals surface area contributed by atoms with Crippen LogP contribution >= 0.6 is 0 Å². The van der Waals surface area contributed by atoms with Crippen LogP contribution in [0.1, 0.15) is 56.6 Å². The number of nitrogens with zero attached hydrogens (tertiary/aromatic N) is 5. The van der Waals surface area contributed by atoms with Gasteiger partial charge in [-0.05, 0) is 41.8 Å². The first-order valence-corrected chi connectivity index (χ1v) is 10.8. The Hall–Kier alpha value is -3.61. The molecule has 0 saturated heterocycles. The molecular weight excluding hydrogens is 430 g/mol. The smallest absolute Gasteiger partial charge is 0.240 e. The van der Waals surface area contributed by atoms with Crippen molar-refractivity contribution in [1.82, 2.24) is 25.5 Å². The second-order valence-electron chi connectivity index (χ2n) is 8.39. The summed E-state index contributed by atoms with van der Waals surface area (Å²) in [6.45, 7) is 4.21. The zero-order valence-electron chi connectivity index (χ0n) is 18.9. The topological polar surface area (TPSA) is 132 Å². The molecule has 2 atom stereocenters. The normalized spacial score (nSPS) is 12.8. The van der Waals surface area contributed by atoms with Crippen LogP contribution in [-0.2, 0) is 22.7 Å².